The molecular weight excluding hydrogens is 556 g/mol. The maximum absolute atomic E-state index is 13.0. The van der Waals surface area contributed by atoms with Gasteiger partial charge in [0.25, 0.3) is 0 Å². The third-order valence-electron chi connectivity index (χ3n) is 9.39. The van der Waals surface area contributed by atoms with Crippen LogP contribution in [-0.2, 0) is 9.59 Å². The van der Waals surface area contributed by atoms with Crippen molar-refractivity contribution in [3.05, 3.63) is 0 Å². The van der Waals surface area contributed by atoms with Crippen molar-refractivity contribution in [3.8, 4) is 0 Å². The Morgan fingerprint density at radius 1 is 0.422 bits per heavy atom. The van der Waals surface area contributed by atoms with Crippen LogP contribution < -0.4 is 5.32 Å². The first-order valence-electron chi connectivity index (χ1n) is 20.3. The van der Waals surface area contributed by atoms with E-state index in [1.54, 1.807) is 0 Å². The van der Waals surface area contributed by atoms with E-state index in [1.807, 2.05) is 0 Å². The van der Waals surface area contributed by atoms with E-state index >= 15 is 0 Å². The average Bonchev–Trinajstić information content (AvgIpc) is 3.04. The lowest BCUT2D eigenvalue weighted by Crippen LogP contribution is -2.41. The van der Waals surface area contributed by atoms with Gasteiger partial charge in [-0.1, -0.05) is 194 Å². The molecule has 0 heterocycles. The molecule has 0 unspecified atom stereocenters. The van der Waals surface area contributed by atoms with Gasteiger partial charge < -0.3 is 10.4 Å². The van der Waals surface area contributed by atoms with Crippen molar-refractivity contribution < 1.29 is 14.7 Å². The molecule has 5 heteroatoms. The Hall–Kier alpha value is -0.940. The fraction of sp³-hybridized carbons (Fsp3) is 0.950. The number of amides is 2. The van der Waals surface area contributed by atoms with Crippen LogP contribution in [0.15, 0.2) is 0 Å². The van der Waals surface area contributed by atoms with Crippen molar-refractivity contribution in [3.63, 3.8) is 0 Å². The number of rotatable bonds is 37. The molecule has 2 amide bonds. The Labute approximate surface area is 281 Å². The van der Waals surface area contributed by atoms with Crippen LogP contribution in [0.1, 0.15) is 219 Å². The van der Waals surface area contributed by atoms with Crippen LogP contribution in [-0.4, -0.2) is 48.1 Å². The Bertz CT molecular complexity index is 566. The predicted octanol–water partition coefficient (Wildman–Crippen LogP) is 11.4. The fourth-order valence-electron chi connectivity index (χ4n) is 6.35. The van der Waals surface area contributed by atoms with Crippen molar-refractivity contribution in [2.45, 2.75) is 219 Å². The van der Waals surface area contributed by atoms with Gasteiger partial charge in [0.2, 0.25) is 11.8 Å². The van der Waals surface area contributed by atoms with Crippen molar-refractivity contribution in [1.29, 1.82) is 0 Å². The molecule has 0 saturated carbocycles. The summed E-state index contributed by atoms with van der Waals surface area (Å²) in [5.74, 6) is -0.0251. The molecule has 5 nitrogen and oxygen atoms in total. The number of aliphatic hydroxyl groups is 1. The number of hydrogen-bond acceptors (Lipinski definition) is 4. The molecule has 0 fully saturated rings. The maximum atomic E-state index is 13.0. The summed E-state index contributed by atoms with van der Waals surface area (Å²) in [5, 5.41) is 12.2. The molecule has 0 aromatic heterocycles. The van der Waals surface area contributed by atoms with Gasteiger partial charge in [-0.25, -0.2) is 0 Å². The Morgan fingerprint density at radius 2 is 0.689 bits per heavy atom. The van der Waals surface area contributed by atoms with E-state index < -0.39 is 0 Å². The molecule has 0 bridgehead atoms. The Morgan fingerprint density at radius 3 is 0.956 bits per heavy atom. The van der Waals surface area contributed by atoms with E-state index in [4.69, 9.17) is 5.11 Å². The van der Waals surface area contributed by atoms with Crippen LogP contribution in [0.2, 0.25) is 0 Å². The second-order valence-corrected chi connectivity index (χ2v) is 13.8. The summed E-state index contributed by atoms with van der Waals surface area (Å²) in [7, 11) is 0. The molecule has 0 aromatic rings. The standard InChI is InChI=1S/C40H80N2O3/c1-3-5-7-9-11-13-15-17-19-21-23-25-27-29-31-33-39(44)42(37-35-41-36-38-43)40(45)34-32-30-28-26-24-22-20-18-16-14-12-10-8-6-4-2/h41,43H,3-38H2,1-2H3. The van der Waals surface area contributed by atoms with E-state index in [0.29, 0.717) is 32.5 Å². The highest BCUT2D eigenvalue weighted by molar-refractivity contribution is 5.95. The average molecular weight is 637 g/mol. The molecule has 0 aliphatic heterocycles. The van der Waals surface area contributed by atoms with E-state index in [-0.39, 0.29) is 18.4 Å². The molecule has 0 atom stereocenters. The zero-order valence-corrected chi connectivity index (χ0v) is 30.7. The summed E-state index contributed by atoms with van der Waals surface area (Å²) in [4.78, 5) is 27.4. The monoisotopic (exact) mass is 637 g/mol. The molecule has 2 N–H and O–H groups in total. The van der Waals surface area contributed by atoms with Gasteiger partial charge in [-0.3, -0.25) is 14.5 Å². The molecular formula is C40H80N2O3. The van der Waals surface area contributed by atoms with E-state index in [0.717, 1.165) is 25.7 Å². The largest absolute Gasteiger partial charge is 0.395 e. The minimum Gasteiger partial charge on any atom is -0.395 e. The van der Waals surface area contributed by atoms with Crippen LogP contribution >= 0.6 is 0 Å². The quantitative estimate of drug-likeness (QED) is 0.0666. The summed E-state index contributed by atoms with van der Waals surface area (Å²) in [6.07, 6.45) is 40.2. The summed E-state index contributed by atoms with van der Waals surface area (Å²) in [6, 6.07) is 0. The van der Waals surface area contributed by atoms with Crippen molar-refractivity contribution in [2.24, 2.45) is 0 Å². The molecule has 0 spiro atoms. The molecule has 0 saturated heterocycles. The first-order chi connectivity index (χ1) is 22.2. The van der Waals surface area contributed by atoms with E-state index in [2.05, 4.69) is 19.2 Å². The third-order valence-corrected chi connectivity index (χ3v) is 9.39. The van der Waals surface area contributed by atoms with Crippen molar-refractivity contribution in [1.82, 2.24) is 10.2 Å². The molecule has 0 aliphatic carbocycles. The van der Waals surface area contributed by atoms with E-state index in [1.165, 1.54) is 172 Å². The molecule has 0 aliphatic rings. The topological polar surface area (TPSA) is 69.6 Å². The molecule has 268 valence electrons. The van der Waals surface area contributed by atoms with Gasteiger partial charge in [0.15, 0.2) is 0 Å². The van der Waals surface area contributed by atoms with Gasteiger partial charge in [-0.05, 0) is 12.8 Å². The first kappa shape index (κ1) is 44.1. The smallest absolute Gasteiger partial charge is 0.229 e. The minimum atomic E-state index is -0.0125. The number of nitrogens with zero attached hydrogens (tertiary/aromatic N) is 1. The SMILES string of the molecule is CCCCCCCCCCCCCCCCCC(=O)N(CCNCCO)C(=O)CCCCCCCCCCCCCCCCC. The second-order valence-electron chi connectivity index (χ2n) is 13.8. The van der Waals surface area contributed by atoms with E-state index in [9.17, 15) is 9.59 Å². The molecule has 0 radical (unpaired) electrons. The van der Waals surface area contributed by atoms with Crippen molar-refractivity contribution >= 4 is 11.8 Å². The second kappa shape index (κ2) is 37.5. The molecule has 0 rings (SSSR count). The summed E-state index contributed by atoms with van der Waals surface area (Å²) in [6.45, 7) is 6.08. The minimum absolute atomic E-state index is 0.0125. The highest BCUT2D eigenvalue weighted by atomic mass is 16.3. The maximum Gasteiger partial charge on any atom is 0.229 e. The van der Waals surface area contributed by atoms with Crippen LogP contribution in [0.3, 0.4) is 0 Å². The van der Waals surface area contributed by atoms with Gasteiger partial charge in [-0.2, -0.15) is 0 Å². The number of imide groups is 1. The number of carbonyl (C=O) groups excluding carboxylic acids is 2. The van der Waals surface area contributed by atoms with Crippen LogP contribution in [0, 0.1) is 0 Å². The number of hydrogen-bond donors (Lipinski definition) is 2. The number of unbranched alkanes of at least 4 members (excludes halogenated alkanes) is 28. The number of carbonyl (C=O) groups is 2. The van der Waals surface area contributed by atoms with Crippen molar-refractivity contribution in [2.75, 3.05) is 26.2 Å². The van der Waals surface area contributed by atoms with Gasteiger partial charge in [0.1, 0.15) is 0 Å². The molecule has 45 heavy (non-hydrogen) atoms. The highest BCUT2D eigenvalue weighted by Gasteiger charge is 2.20. The van der Waals surface area contributed by atoms with Gasteiger partial charge in [0, 0.05) is 32.5 Å². The van der Waals surface area contributed by atoms with Crippen LogP contribution in [0.4, 0.5) is 0 Å². The zero-order valence-electron chi connectivity index (χ0n) is 30.7. The van der Waals surface area contributed by atoms with Gasteiger partial charge in [-0.15, -0.1) is 0 Å². The lowest BCUT2D eigenvalue weighted by atomic mass is 10.0. The summed E-state index contributed by atoms with van der Waals surface area (Å²) in [5.41, 5.74) is 0. The third kappa shape index (κ3) is 32.8. The highest BCUT2D eigenvalue weighted by Crippen LogP contribution is 2.16. The predicted molar refractivity (Wildman–Crippen MR) is 196 cm³/mol. The fourth-order valence-corrected chi connectivity index (χ4v) is 6.35. The Balaban J connectivity index is 3.89. The van der Waals surface area contributed by atoms with Crippen LogP contribution in [0.5, 0.6) is 0 Å². The summed E-state index contributed by atoms with van der Waals surface area (Å²) < 4.78 is 0. The van der Waals surface area contributed by atoms with Gasteiger partial charge in [0.05, 0.1) is 6.61 Å². The first-order valence-corrected chi connectivity index (χ1v) is 20.3. The van der Waals surface area contributed by atoms with Gasteiger partial charge >= 0.3 is 0 Å². The number of nitrogens with one attached hydrogen (secondary N) is 1. The van der Waals surface area contributed by atoms with Crippen LogP contribution in [0.25, 0.3) is 0 Å². The lowest BCUT2D eigenvalue weighted by Gasteiger charge is -2.21. The number of aliphatic hydroxyl groups excluding tert-OH is 1. The Kier molecular flexibility index (Phi) is 36.7. The molecule has 0 aromatic carbocycles. The lowest BCUT2D eigenvalue weighted by molar-refractivity contribution is -0.145. The normalized spacial score (nSPS) is 11.4. The summed E-state index contributed by atoms with van der Waals surface area (Å²) >= 11 is 0. The zero-order chi connectivity index (χ0) is 32.9.